The summed E-state index contributed by atoms with van der Waals surface area (Å²) in [4.78, 5) is 16.6. The summed E-state index contributed by atoms with van der Waals surface area (Å²) in [6.45, 7) is 5.57. The van der Waals surface area contributed by atoms with Gasteiger partial charge in [-0.1, -0.05) is 17.7 Å². The summed E-state index contributed by atoms with van der Waals surface area (Å²) < 4.78 is 19.3. The van der Waals surface area contributed by atoms with Crippen molar-refractivity contribution in [2.45, 2.75) is 13.5 Å². The number of halogens is 2. The van der Waals surface area contributed by atoms with Gasteiger partial charge in [0, 0.05) is 48.9 Å². The SMILES string of the molecule is CCOc1ccc(C(=O)N2CCN(Cc3c(F)cccc3Cl)CC2)cc1. The van der Waals surface area contributed by atoms with E-state index in [-0.39, 0.29) is 11.7 Å². The van der Waals surface area contributed by atoms with E-state index >= 15 is 0 Å². The van der Waals surface area contributed by atoms with Crippen molar-refractivity contribution in [3.8, 4) is 5.75 Å². The lowest BCUT2D eigenvalue weighted by molar-refractivity contribution is 0.0627. The summed E-state index contributed by atoms with van der Waals surface area (Å²) in [7, 11) is 0. The quantitative estimate of drug-likeness (QED) is 0.795. The Kier molecular flexibility index (Phi) is 6.12. The molecule has 0 radical (unpaired) electrons. The van der Waals surface area contributed by atoms with Crippen LogP contribution in [0.25, 0.3) is 0 Å². The van der Waals surface area contributed by atoms with E-state index in [1.807, 2.05) is 24.0 Å². The number of carbonyl (C=O) groups excluding carboxylic acids is 1. The summed E-state index contributed by atoms with van der Waals surface area (Å²) >= 11 is 6.10. The number of amides is 1. The number of nitrogens with zero attached hydrogens (tertiary/aromatic N) is 2. The van der Waals surface area contributed by atoms with Gasteiger partial charge in [0.2, 0.25) is 0 Å². The zero-order valence-electron chi connectivity index (χ0n) is 14.8. The van der Waals surface area contributed by atoms with Crippen LogP contribution in [0.1, 0.15) is 22.8 Å². The molecular formula is C20H22ClFN2O2. The van der Waals surface area contributed by atoms with E-state index in [0.29, 0.717) is 55.5 Å². The van der Waals surface area contributed by atoms with Gasteiger partial charge >= 0.3 is 0 Å². The minimum absolute atomic E-state index is 0.0108. The number of ether oxygens (including phenoxy) is 1. The number of hydrogen-bond donors (Lipinski definition) is 0. The molecule has 0 bridgehead atoms. The standard InChI is InChI=1S/C20H22ClFN2O2/c1-2-26-16-8-6-15(7-9-16)20(25)24-12-10-23(11-13-24)14-17-18(21)4-3-5-19(17)22/h3-9H,2,10-14H2,1H3. The predicted molar refractivity (Wildman–Crippen MR) is 100 cm³/mol. The highest BCUT2D eigenvalue weighted by molar-refractivity contribution is 6.31. The molecule has 0 aliphatic carbocycles. The van der Waals surface area contributed by atoms with Crippen LogP contribution in [0.15, 0.2) is 42.5 Å². The van der Waals surface area contributed by atoms with Crippen LogP contribution in [0.4, 0.5) is 4.39 Å². The molecule has 0 atom stereocenters. The Bertz CT molecular complexity index is 739. The second kappa shape index (κ2) is 8.52. The molecule has 138 valence electrons. The molecule has 0 aromatic heterocycles. The van der Waals surface area contributed by atoms with Crippen molar-refractivity contribution in [3.05, 3.63) is 64.4 Å². The summed E-state index contributed by atoms with van der Waals surface area (Å²) in [6.07, 6.45) is 0. The molecule has 0 saturated carbocycles. The molecule has 0 spiro atoms. The van der Waals surface area contributed by atoms with Crippen LogP contribution in [-0.2, 0) is 6.54 Å². The Hall–Kier alpha value is -2.11. The molecular weight excluding hydrogens is 355 g/mol. The van der Waals surface area contributed by atoms with Crippen LogP contribution in [0.3, 0.4) is 0 Å². The average molecular weight is 377 g/mol. The maximum Gasteiger partial charge on any atom is 0.253 e. The Morgan fingerprint density at radius 1 is 1.12 bits per heavy atom. The van der Waals surface area contributed by atoms with Gasteiger partial charge in [-0.2, -0.15) is 0 Å². The molecule has 2 aromatic carbocycles. The van der Waals surface area contributed by atoms with Gasteiger partial charge in [-0.3, -0.25) is 9.69 Å². The fraction of sp³-hybridized carbons (Fsp3) is 0.350. The molecule has 0 N–H and O–H groups in total. The highest BCUT2D eigenvalue weighted by Crippen LogP contribution is 2.22. The third kappa shape index (κ3) is 4.34. The second-order valence-corrected chi connectivity index (χ2v) is 6.63. The lowest BCUT2D eigenvalue weighted by atomic mass is 10.1. The van der Waals surface area contributed by atoms with Gasteiger partial charge in [0.25, 0.3) is 5.91 Å². The van der Waals surface area contributed by atoms with Crippen molar-refractivity contribution in [1.82, 2.24) is 9.80 Å². The third-order valence-corrected chi connectivity index (χ3v) is 4.87. The van der Waals surface area contributed by atoms with Gasteiger partial charge in [-0.05, 0) is 43.3 Å². The average Bonchev–Trinajstić information content (AvgIpc) is 2.66. The van der Waals surface area contributed by atoms with Gasteiger partial charge in [0.1, 0.15) is 11.6 Å². The van der Waals surface area contributed by atoms with Crippen LogP contribution >= 0.6 is 11.6 Å². The van der Waals surface area contributed by atoms with Crippen molar-refractivity contribution in [2.24, 2.45) is 0 Å². The lowest BCUT2D eigenvalue weighted by Crippen LogP contribution is -2.48. The summed E-state index contributed by atoms with van der Waals surface area (Å²) in [5.74, 6) is 0.484. The van der Waals surface area contributed by atoms with Crippen LogP contribution < -0.4 is 4.74 Å². The van der Waals surface area contributed by atoms with Crippen LogP contribution in [-0.4, -0.2) is 48.5 Å². The molecule has 1 aliphatic heterocycles. The minimum Gasteiger partial charge on any atom is -0.494 e. The molecule has 2 aromatic rings. The minimum atomic E-state index is -0.287. The van der Waals surface area contributed by atoms with E-state index in [9.17, 15) is 9.18 Å². The number of rotatable bonds is 5. The Labute approximate surface area is 158 Å². The molecule has 6 heteroatoms. The van der Waals surface area contributed by atoms with Crippen LogP contribution in [0.2, 0.25) is 5.02 Å². The molecule has 26 heavy (non-hydrogen) atoms. The molecule has 3 rings (SSSR count). The highest BCUT2D eigenvalue weighted by atomic mass is 35.5. The molecule has 1 fully saturated rings. The van der Waals surface area contributed by atoms with E-state index in [0.717, 1.165) is 5.75 Å². The molecule has 4 nitrogen and oxygen atoms in total. The Morgan fingerprint density at radius 2 is 1.81 bits per heavy atom. The number of hydrogen-bond acceptors (Lipinski definition) is 3. The largest absolute Gasteiger partial charge is 0.494 e. The number of carbonyl (C=O) groups is 1. The van der Waals surface area contributed by atoms with E-state index in [2.05, 4.69) is 4.90 Å². The van der Waals surface area contributed by atoms with Gasteiger partial charge in [0.05, 0.1) is 6.61 Å². The zero-order valence-corrected chi connectivity index (χ0v) is 15.5. The number of piperazine rings is 1. The van der Waals surface area contributed by atoms with Crippen LogP contribution in [0.5, 0.6) is 5.75 Å². The van der Waals surface area contributed by atoms with E-state index < -0.39 is 0 Å². The first-order valence-electron chi connectivity index (χ1n) is 8.76. The topological polar surface area (TPSA) is 32.8 Å². The Morgan fingerprint density at radius 3 is 2.42 bits per heavy atom. The lowest BCUT2D eigenvalue weighted by Gasteiger charge is -2.35. The van der Waals surface area contributed by atoms with Gasteiger partial charge < -0.3 is 9.64 Å². The molecule has 0 unspecified atom stereocenters. The van der Waals surface area contributed by atoms with E-state index in [1.165, 1.54) is 6.07 Å². The molecule has 1 aliphatic rings. The van der Waals surface area contributed by atoms with E-state index in [4.69, 9.17) is 16.3 Å². The normalized spacial score (nSPS) is 15.1. The molecule has 1 amide bonds. The highest BCUT2D eigenvalue weighted by Gasteiger charge is 2.23. The third-order valence-electron chi connectivity index (χ3n) is 4.52. The Balaban J connectivity index is 1.57. The second-order valence-electron chi connectivity index (χ2n) is 6.23. The van der Waals surface area contributed by atoms with Crippen molar-refractivity contribution < 1.29 is 13.9 Å². The first kappa shape index (κ1) is 18.7. The monoisotopic (exact) mass is 376 g/mol. The van der Waals surface area contributed by atoms with Crippen molar-refractivity contribution in [3.63, 3.8) is 0 Å². The maximum atomic E-state index is 13.9. The van der Waals surface area contributed by atoms with Crippen molar-refractivity contribution in [2.75, 3.05) is 32.8 Å². The predicted octanol–water partition coefficient (Wildman–Crippen LogP) is 3.84. The summed E-state index contributed by atoms with van der Waals surface area (Å²) in [5.41, 5.74) is 1.17. The summed E-state index contributed by atoms with van der Waals surface area (Å²) in [6, 6.07) is 11.9. The zero-order chi connectivity index (χ0) is 18.5. The van der Waals surface area contributed by atoms with Crippen molar-refractivity contribution >= 4 is 17.5 Å². The molecule has 1 saturated heterocycles. The van der Waals surface area contributed by atoms with Gasteiger partial charge in [-0.15, -0.1) is 0 Å². The first-order valence-corrected chi connectivity index (χ1v) is 9.13. The summed E-state index contributed by atoms with van der Waals surface area (Å²) in [5, 5.41) is 0.442. The van der Waals surface area contributed by atoms with Gasteiger partial charge in [-0.25, -0.2) is 4.39 Å². The van der Waals surface area contributed by atoms with E-state index in [1.54, 1.807) is 24.3 Å². The van der Waals surface area contributed by atoms with Crippen LogP contribution in [0, 0.1) is 5.82 Å². The maximum absolute atomic E-state index is 13.9. The van der Waals surface area contributed by atoms with Crippen molar-refractivity contribution in [1.29, 1.82) is 0 Å². The fourth-order valence-electron chi connectivity index (χ4n) is 3.06. The van der Waals surface area contributed by atoms with Gasteiger partial charge in [0.15, 0.2) is 0 Å². The first-order chi connectivity index (χ1) is 12.6. The molecule has 1 heterocycles. The number of benzene rings is 2. The fourth-order valence-corrected chi connectivity index (χ4v) is 3.28. The smallest absolute Gasteiger partial charge is 0.253 e.